The molecule has 78 valence electrons. The molecule has 14 heavy (non-hydrogen) atoms. The molecule has 1 rings (SSSR count). The highest BCUT2D eigenvalue weighted by Crippen LogP contribution is 2.27. The van der Waals surface area contributed by atoms with Crippen LogP contribution in [0.4, 0.5) is 0 Å². The molecular weight excluding hydrogens is 170 g/mol. The molecule has 0 aliphatic rings. The zero-order valence-electron chi connectivity index (χ0n) is 9.67. The van der Waals surface area contributed by atoms with Crippen LogP contribution >= 0.6 is 0 Å². The van der Waals surface area contributed by atoms with E-state index in [0.29, 0.717) is 0 Å². The summed E-state index contributed by atoms with van der Waals surface area (Å²) in [5.41, 5.74) is 8.68. The van der Waals surface area contributed by atoms with E-state index in [2.05, 4.69) is 45.0 Å². The summed E-state index contributed by atoms with van der Waals surface area (Å²) < 4.78 is 0. The van der Waals surface area contributed by atoms with Crippen molar-refractivity contribution >= 4 is 0 Å². The molecule has 0 spiro atoms. The second kappa shape index (κ2) is 4.14. The lowest BCUT2D eigenvalue weighted by Crippen LogP contribution is -2.15. The average molecular weight is 191 g/mol. The van der Waals surface area contributed by atoms with Gasteiger partial charge in [0.1, 0.15) is 0 Å². The number of nitrogens with two attached hydrogens (primary N) is 1. The zero-order valence-corrected chi connectivity index (χ0v) is 9.67. The Morgan fingerprint density at radius 2 is 1.71 bits per heavy atom. The van der Waals surface area contributed by atoms with Gasteiger partial charge in [0, 0.05) is 6.04 Å². The van der Waals surface area contributed by atoms with Gasteiger partial charge in [-0.25, -0.2) is 0 Å². The molecule has 0 saturated heterocycles. The Kier molecular flexibility index (Phi) is 3.33. The van der Waals surface area contributed by atoms with Gasteiger partial charge in [-0.15, -0.1) is 0 Å². The Bertz CT molecular complexity index is 283. The highest BCUT2D eigenvalue weighted by atomic mass is 14.6. The molecule has 1 aromatic carbocycles. The predicted molar refractivity (Wildman–Crippen MR) is 62.4 cm³/mol. The summed E-state index contributed by atoms with van der Waals surface area (Å²) >= 11 is 0. The molecule has 0 saturated carbocycles. The van der Waals surface area contributed by atoms with E-state index < -0.39 is 0 Å². The molecule has 1 atom stereocenters. The van der Waals surface area contributed by atoms with E-state index in [-0.39, 0.29) is 11.5 Å². The first kappa shape index (κ1) is 11.3. The van der Waals surface area contributed by atoms with Crippen molar-refractivity contribution < 1.29 is 0 Å². The minimum Gasteiger partial charge on any atom is -0.324 e. The van der Waals surface area contributed by atoms with Crippen molar-refractivity contribution in [1.29, 1.82) is 0 Å². The van der Waals surface area contributed by atoms with Crippen LogP contribution in [-0.2, 0) is 5.41 Å². The van der Waals surface area contributed by atoms with Crippen molar-refractivity contribution in [1.82, 2.24) is 0 Å². The Labute approximate surface area is 87.3 Å². The Morgan fingerprint density at radius 1 is 1.21 bits per heavy atom. The summed E-state index contributed by atoms with van der Waals surface area (Å²) in [5.74, 6) is 0. The van der Waals surface area contributed by atoms with Gasteiger partial charge in [-0.2, -0.15) is 0 Å². The smallest absolute Gasteiger partial charge is 0.0266 e. The minimum atomic E-state index is 0.133. The molecule has 0 amide bonds. The molecule has 0 bridgehead atoms. The monoisotopic (exact) mass is 191 g/mol. The van der Waals surface area contributed by atoms with E-state index in [9.17, 15) is 0 Å². The second-order valence-electron chi connectivity index (χ2n) is 4.65. The van der Waals surface area contributed by atoms with Gasteiger partial charge < -0.3 is 5.73 Å². The van der Waals surface area contributed by atoms with E-state index in [0.717, 1.165) is 6.42 Å². The first-order chi connectivity index (χ1) is 6.47. The second-order valence-corrected chi connectivity index (χ2v) is 4.65. The molecule has 2 N–H and O–H groups in total. The number of rotatable bonds is 3. The van der Waals surface area contributed by atoms with Crippen molar-refractivity contribution in [2.75, 3.05) is 0 Å². The zero-order chi connectivity index (χ0) is 10.8. The normalized spacial score (nSPS) is 14.1. The molecular formula is C13H21N. The van der Waals surface area contributed by atoms with E-state index in [1.54, 1.807) is 0 Å². The highest BCUT2D eigenvalue weighted by molar-refractivity contribution is 5.29. The van der Waals surface area contributed by atoms with Crippen LogP contribution in [0.2, 0.25) is 0 Å². The van der Waals surface area contributed by atoms with E-state index in [1.807, 2.05) is 6.92 Å². The van der Waals surface area contributed by atoms with E-state index in [4.69, 9.17) is 5.73 Å². The summed E-state index contributed by atoms with van der Waals surface area (Å²) in [5, 5.41) is 0. The maximum atomic E-state index is 5.81. The summed E-state index contributed by atoms with van der Waals surface area (Å²) in [6, 6.07) is 8.80. The van der Waals surface area contributed by atoms with Crippen LogP contribution in [0.3, 0.4) is 0 Å². The third-order valence-electron chi connectivity index (χ3n) is 3.10. The van der Waals surface area contributed by atoms with Crippen molar-refractivity contribution in [3.05, 3.63) is 35.4 Å². The molecule has 0 fully saturated rings. The fraction of sp³-hybridized carbons (Fsp3) is 0.538. The topological polar surface area (TPSA) is 26.0 Å². The maximum Gasteiger partial charge on any atom is 0.0266 e. The van der Waals surface area contributed by atoms with Gasteiger partial charge in [0.15, 0.2) is 0 Å². The Balaban J connectivity index is 2.94. The summed E-state index contributed by atoms with van der Waals surface area (Å²) in [6.07, 6.45) is 1.16. The van der Waals surface area contributed by atoms with Crippen LogP contribution in [0, 0.1) is 0 Å². The Hall–Kier alpha value is -0.820. The van der Waals surface area contributed by atoms with Crippen LogP contribution in [0.15, 0.2) is 24.3 Å². The van der Waals surface area contributed by atoms with Crippen molar-refractivity contribution in [2.24, 2.45) is 5.73 Å². The van der Waals surface area contributed by atoms with E-state index >= 15 is 0 Å². The lowest BCUT2D eigenvalue weighted by atomic mass is 9.82. The lowest BCUT2D eigenvalue weighted by molar-refractivity contribution is 0.506. The largest absolute Gasteiger partial charge is 0.324 e. The van der Waals surface area contributed by atoms with Gasteiger partial charge in [-0.1, -0.05) is 45.0 Å². The molecule has 1 aromatic rings. The standard InChI is InChI=1S/C13H21N/c1-5-13(3,4)12-8-6-11(7-9-12)10(2)14/h6-10H,5,14H2,1-4H3/t10-/m1/s1. The van der Waals surface area contributed by atoms with Gasteiger partial charge in [0.25, 0.3) is 0 Å². The SMILES string of the molecule is CCC(C)(C)c1ccc([C@@H](C)N)cc1. The van der Waals surface area contributed by atoms with Gasteiger partial charge in [-0.3, -0.25) is 0 Å². The average Bonchev–Trinajstić information content (AvgIpc) is 2.18. The van der Waals surface area contributed by atoms with Gasteiger partial charge in [-0.05, 0) is 29.9 Å². The molecule has 1 heteroatoms. The lowest BCUT2D eigenvalue weighted by Gasteiger charge is -2.23. The molecule has 1 nitrogen and oxygen atoms in total. The summed E-state index contributed by atoms with van der Waals surface area (Å²) in [6.45, 7) is 8.78. The van der Waals surface area contributed by atoms with Crippen LogP contribution in [0.5, 0.6) is 0 Å². The number of benzene rings is 1. The van der Waals surface area contributed by atoms with Crippen LogP contribution in [0.25, 0.3) is 0 Å². The first-order valence-corrected chi connectivity index (χ1v) is 5.33. The first-order valence-electron chi connectivity index (χ1n) is 5.33. The summed E-state index contributed by atoms with van der Waals surface area (Å²) in [7, 11) is 0. The molecule has 0 heterocycles. The van der Waals surface area contributed by atoms with E-state index in [1.165, 1.54) is 11.1 Å². The fourth-order valence-corrected chi connectivity index (χ4v) is 1.44. The van der Waals surface area contributed by atoms with Gasteiger partial charge in [0.2, 0.25) is 0 Å². The highest BCUT2D eigenvalue weighted by Gasteiger charge is 2.17. The van der Waals surface area contributed by atoms with Crippen LogP contribution < -0.4 is 5.73 Å². The number of hydrogen-bond donors (Lipinski definition) is 1. The maximum absolute atomic E-state index is 5.81. The Morgan fingerprint density at radius 3 is 2.07 bits per heavy atom. The minimum absolute atomic E-state index is 0.133. The van der Waals surface area contributed by atoms with Crippen molar-refractivity contribution in [3.8, 4) is 0 Å². The molecule has 0 radical (unpaired) electrons. The molecule has 0 aliphatic carbocycles. The predicted octanol–water partition coefficient (Wildman–Crippen LogP) is 3.39. The summed E-state index contributed by atoms with van der Waals surface area (Å²) in [4.78, 5) is 0. The number of hydrogen-bond acceptors (Lipinski definition) is 1. The van der Waals surface area contributed by atoms with Crippen LogP contribution in [0.1, 0.15) is 51.3 Å². The third kappa shape index (κ3) is 2.36. The quantitative estimate of drug-likeness (QED) is 0.778. The molecule has 0 unspecified atom stereocenters. The van der Waals surface area contributed by atoms with Crippen molar-refractivity contribution in [3.63, 3.8) is 0 Å². The third-order valence-corrected chi connectivity index (χ3v) is 3.10. The molecule has 0 aromatic heterocycles. The molecule has 0 aliphatic heterocycles. The van der Waals surface area contributed by atoms with Gasteiger partial charge in [0.05, 0.1) is 0 Å². The fourth-order valence-electron chi connectivity index (χ4n) is 1.44. The van der Waals surface area contributed by atoms with Crippen molar-refractivity contribution in [2.45, 2.75) is 45.6 Å². The van der Waals surface area contributed by atoms with Gasteiger partial charge >= 0.3 is 0 Å². The van der Waals surface area contributed by atoms with Crippen LogP contribution in [-0.4, -0.2) is 0 Å².